The lowest BCUT2D eigenvalue weighted by atomic mass is 10.0. The van der Waals surface area contributed by atoms with Gasteiger partial charge in [0.25, 0.3) is 0 Å². The monoisotopic (exact) mass is 231 g/mol. The molecule has 3 aromatic carbocycles. The second kappa shape index (κ2) is 3.36. The maximum Gasteiger partial charge on any atom is 0.0471 e. The third kappa shape index (κ3) is 1.22. The van der Waals surface area contributed by atoms with E-state index in [9.17, 15) is 0 Å². The Labute approximate surface area is 105 Å². The first-order valence-corrected chi connectivity index (χ1v) is 6.23. The van der Waals surface area contributed by atoms with Crippen LogP contribution in [0.5, 0.6) is 0 Å². The van der Waals surface area contributed by atoms with Gasteiger partial charge in [-0.05, 0) is 35.9 Å². The van der Waals surface area contributed by atoms with Crippen molar-refractivity contribution in [3.63, 3.8) is 0 Å². The van der Waals surface area contributed by atoms with Gasteiger partial charge in [-0.3, -0.25) is 0 Å². The number of hydrogen-bond donors (Lipinski definition) is 1. The summed E-state index contributed by atoms with van der Waals surface area (Å²) in [6.45, 7) is 2.14. The predicted octanol–water partition coefficient (Wildman–Crippen LogP) is 4.78. The van der Waals surface area contributed by atoms with Crippen LogP contribution in [0, 0.1) is 6.92 Å². The van der Waals surface area contributed by atoms with Crippen molar-refractivity contribution < 1.29 is 0 Å². The topological polar surface area (TPSA) is 15.8 Å². The third-order valence-corrected chi connectivity index (χ3v) is 3.64. The first-order valence-electron chi connectivity index (χ1n) is 6.23. The molecular formula is C17H13N. The van der Waals surface area contributed by atoms with Crippen molar-refractivity contribution in [2.45, 2.75) is 6.92 Å². The average Bonchev–Trinajstić information content (AvgIpc) is 2.77. The highest BCUT2D eigenvalue weighted by molar-refractivity contribution is 6.20. The Hall–Kier alpha value is -2.28. The first-order chi connectivity index (χ1) is 8.83. The highest BCUT2D eigenvalue weighted by Crippen LogP contribution is 2.32. The molecule has 4 aromatic rings. The largest absolute Gasteiger partial charge is 0.354 e. The zero-order chi connectivity index (χ0) is 12.1. The summed E-state index contributed by atoms with van der Waals surface area (Å²) < 4.78 is 0. The number of benzene rings is 3. The molecule has 18 heavy (non-hydrogen) atoms. The SMILES string of the molecule is Cc1ccc2[nH]c3ccc4ccccc4c3c2c1. The molecule has 0 saturated heterocycles. The Balaban J connectivity index is 2.35. The van der Waals surface area contributed by atoms with Crippen molar-refractivity contribution >= 4 is 32.6 Å². The van der Waals surface area contributed by atoms with E-state index in [1.54, 1.807) is 0 Å². The molecule has 0 atom stereocenters. The lowest BCUT2D eigenvalue weighted by Gasteiger charge is -2.00. The Morgan fingerprint density at radius 1 is 0.778 bits per heavy atom. The van der Waals surface area contributed by atoms with Gasteiger partial charge < -0.3 is 4.98 Å². The van der Waals surface area contributed by atoms with Gasteiger partial charge in [-0.15, -0.1) is 0 Å². The summed E-state index contributed by atoms with van der Waals surface area (Å²) in [6, 6.07) is 19.5. The molecule has 0 aliphatic heterocycles. The first kappa shape index (κ1) is 9.72. The van der Waals surface area contributed by atoms with Crippen LogP contribution in [-0.4, -0.2) is 4.98 Å². The van der Waals surface area contributed by atoms with E-state index in [1.165, 1.54) is 38.1 Å². The summed E-state index contributed by atoms with van der Waals surface area (Å²) in [5.41, 5.74) is 3.73. The van der Waals surface area contributed by atoms with Crippen LogP contribution >= 0.6 is 0 Å². The maximum atomic E-state index is 3.50. The maximum absolute atomic E-state index is 3.50. The van der Waals surface area contributed by atoms with Crippen molar-refractivity contribution in [2.75, 3.05) is 0 Å². The van der Waals surface area contributed by atoms with Crippen molar-refractivity contribution in [3.05, 3.63) is 60.2 Å². The lowest BCUT2D eigenvalue weighted by molar-refractivity contribution is 1.49. The molecule has 1 aromatic heterocycles. The molecule has 0 bridgehead atoms. The fraction of sp³-hybridized carbons (Fsp3) is 0.0588. The standard InChI is InChI=1S/C17H13N/c1-11-6-8-15-14(10-11)17-13-5-3-2-4-12(13)7-9-16(17)18-15/h2-10,18H,1H3. The number of aromatic amines is 1. The van der Waals surface area contributed by atoms with Crippen molar-refractivity contribution in [3.8, 4) is 0 Å². The van der Waals surface area contributed by atoms with Crippen LogP contribution < -0.4 is 0 Å². The van der Waals surface area contributed by atoms with Crippen LogP contribution in [-0.2, 0) is 0 Å². The fourth-order valence-corrected chi connectivity index (χ4v) is 2.78. The minimum Gasteiger partial charge on any atom is -0.354 e. The molecule has 0 amide bonds. The second-order valence-corrected chi connectivity index (χ2v) is 4.88. The molecule has 0 radical (unpaired) electrons. The Bertz CT molecular complexity index is 884. The van der Waals surface area contributed by atoms with E-state index in [2.05, 4.69) is 66.5 Å². The van der Waals surface area contributed by atoms with Crippen LogP contribution in [0.2, 0.25) is 0 Å². The molecule has 1 heteroatoms. The van der Waals surface area contributed by atoms with E-state index < -0.39 is 0 Å². The molecule has 86 valence electrons. The van der Waals surface area contributed by atoms with E-state index in [0.717, 1.165) is 0 Å². The summed E-state index contributed by atoms with van der Waals surface area (Å²) in [4.78, 5) is 3.50. The van der Waals surface area contributed by atoms with Crippen molar-refractivity contribution in [1.82, 2.24) is 4.98 Å². The predicted molar refractivity (Wildman–Crippen MR) is 78.0 cm³/mol. The van der Waals surface area contributed by atoms with Crippen LogP contribution in [0.1, 0.15) is 5.56 Å². The van der Waals surface area contributed by atoms with Crippen LogP contribution in [0.4, 0.5) is 0 Å². The van der Waals surface area contributed by atoms with Gasteiger partial charge in [0.05, 0.1) is 0 Å². The minimum absolute atomic E-state index is 1.21. The number of aromatic nitrogens is 1. The molecule has 1 nitrogen and oxygen atoms in total. The summed E-state index contributed by atoms with van der Waals surface area (Å²) in [5, 5.41) is 5.29. The number of nitrogens with one attached hydrogen (secondary N) is 1. The van der Waals surface area contributed by atoms with E-state index in [1.807, 2.05) is 0 Å². The molecule has 0 saturated carbocycles. The van der Waals surface area contributed by atoms with Crippen LogP contribution in [0.3, 0.4) is 0 Å². The Kier molecular flexibility index (Phi) is 1.81. The summed E-state index contributed by atoms with van der Waals surface area (Å²) >= 11 is 0. The number of aryl methyl sites for hydroxylation is 1. The van der Waals surface area contributed by atoms with Gasteiger partial charge in [0, 0.05) is 21.8 Å². The van der Waals surface area contributed by atoms with Crippen LogP contribution in [0.25, 0.3) is 32.6 Å². The molecular weight excluding hydrogens is 218 g/mol. The molecule has 0 unspecified atom stereocenters. The third-order valence-electron chi connectivity index (χ3n) is 3.64. The highest BCUT2D eigenvalue weighted by Gasteiger charge is 2.07. The normalized spacial score (nSPS) is 11.6. The molecule has 1 N–H and O–H groups in total. The quantitative estimate of drug-likeness (QED) is 0.448. The zero-order valence-corrected chi connectivity index (χ0v) is 10.2. The fourth-order valence-electron chi connectivity index (χ4n) is 2.78. The van der Waals surface area contributed by atoms with Gasteiger partial charge in [0.2, 0.25) is 0 Å². The molecule has 0 aliphatic carbocycles. The molecule has 0 fully saturated rings. The summed E-state index contributed by atoms with van der Waals surface area (Å²) in [5.74, 6) is 0. The highest BCUT2D eigenvalue weighted by atomic mass is 14.7. The Morgan fingerprint density at radius 2 is 1.61 bits per heavy atom. The number of rotatable bonds is 0. The van der Waals surface area contributed by atoms with Gasteiger partial charge in [-0.2, -0.15) is 0 Å². The van der Waals surface area contributed by atoms with E-state index in [-0.39, 0.29) is 0 Å². The molecule has 0 spiro atoms. The second-order valence-electron chi connectivity index (χ2n) is 4.88. The van der Waals surface area contributed by atoms with Crippen molar-refractivity contribution in [2.24, 2.45) is 0 Å². The molecule has 4 rings (SSSR count). The minimum atomic E-state index is 1.21. The van der Waals surface area contributed by atoms with Gasteiger partial charge in [-0.25, -0.2) is 0 Å². The molecule has 1 heterocycles. The van der Waals surface area contributed by atoms with Gasteiger partial charge >= 0.3 is 0 Å². The number of H-pyrrole nitrogens is 1. The van der Waals surface area contributed by atoms with E-state index in [4.69, 9.17) is 0 Å². The Morgan fingerprint density at radius 3 is 2.56 bits per heavy atom. The average molecular weight is 231 g/mol. The smallest absolute Gasteiger partial charge is 0.0471 e. The van der Waals surface area contributed by atoms with Gasteiger partial charge in [0.1, 0.15) is 0 Å². The number of hydrogen-bond acceptors (Lipinski definition) is 0. The lowest BCUT2D eigenvalue weighted by Crippen LogP contribution is -1.74. The van der Waals surface area contributed by atoms with Crippen molar-refractivity contribution in [1.29, 1.82) is 0 Å². The number of fused-ring (bicyclic) bond motifs is 5. The van der Waals surface area contributed by atoms with Crippen LogP contribution in [0.15, 0.2) is 54.6 Å². The van der Waals surface area contributed by atoms with E-state index >= 15 is 0 Å². The molecule has 0 aliphatic rings. The van der Waals surface area contributed by atoms with Gasteiger partial charge in [0.15, 0.2) is 0 Å². The zero-order valence-electron chi connectivity index (χ0n) is 10.2. The summed E-state index contributed by atoms with van der Waals surface area (Å²) in [7, 11) is 0. The van der Waals surface area contributed by atoms with E-state index in [0.29, 0.717) is 0 Å². The summed E-state index contributed by atoms with van der Waals surface area (Å²) in [6.07, 6.45) is 0. The van der Waals surface area contributed by atoms with Gasteiger partial charge in [-0.1, -0.05) is 42.0 Å².